The first-order valence-electron chi connectivity index (χ1n) is 5.85. The molecule has 3 nitrogen and oxygen atoms in total. The van der Waals surface area contributed by atoms with Crippen LogP contribution in [0.5, 0.6) is 0 Å². The van der Waals surface area contributed by atoms with Gasteiger partial charge >= 0.3 is 5.97 Å². The molecule has 15 heavy (non-hydrogen) atoms. The highest BCUT2D eigenvalue weighted by atomic mass is 16.6. The van der Waals surface area contributed by atoms with Crippen LogP contribution in [-0.2, 0) is 9.53 Å². The first-order chi connectivity index (χ1) is 6.78. The largest absolute Gasteiger partial charge is 0.456 e. The lowest BCUT2D eigenvalue weighted by Crippen LogP contribution is -2.53. The van der Waals surface area contributed by atoms with Crippen molar-refractivity contribution >= 4 is 5.97 Å². The van der Waals surface area contributed by atoms with Crippen LogP contribution < -0.4 is 0 Å². The van der Waals surface area contributed by atoms with Crippen LogP contribution in [0.4, 0.5) is 0 Å². The number of rotatable bonds is 2. The average molecular weight is 214 g/mol. The van der Waals surface area contributed by atoms with Gasteiger partial charge in [0.2, 0.25) is 0 Å². The van der Waals surface area contributed by atoms with E-state index in [4.69, 9.17) is 4.74 Å². The molecule has 0 aromatic rings. The van der Waals surface area contributed by atoms with Gasteiger partial charge in [-0.2, -0.15) is 0 Å². The molecule has 1 saturated heterocycles. The van der Waals surface area contributed by atoms with Crippen LogP contribution in [0.1, 0.15) is 40.5 Å². The summed E-state index contributed by atoms with van der Waals surface area (Å²) in [5.41, 5.74) is -0.363. The monoisotopic (exact) mass is 214 g/mol. The van der Waals surface area contributed by atoms with Gasteiger partial charge in [0.05, 0.1) is 20.1 Å². The topological polar surface area (TPSA) is 26.3 Å². The Bertz CT molecular complexity index is 244. The normalized spacial score (nSPS) is 31.7. The van der Waals surface area contributed by atoms with E-state index in [9.17, 15) is 4.79 Å². The quantitative estimate of drug-likeness (QED) is 0.519. The number of esters is 1. The molecule has 0 spiro atoms. The number of ether oxygens (including phenoxy) is 1. The lowest BCUT2D eigenvalue weighted by molar-refractivity contribution is -0.911. The van der Waals surface area contributed by atoms with Crippen LogP contribution in [0, 0.1) is 0 Å². The van der Waals surface area contributed by atoms with Gasteiger partial charge in [-0.15, -0.1) is 0 Å². The highest BCUT2D eigenvalue weighted by Gasteiger charge is 2.43. The fraction of sp³-hybridized carbons (Fsp3) is 0.917. The third-order valence-corrected chi connectivity index (χ3v) is 3.30. The molecule has 0 aliphatic carbocycles. The number of carbonyl (C=O) groups excluding carboxylic acids is 1. The number of hydrogen-bond acceptors (Lipinski definition) is 2. The minimum atomic E-state index is -0.363. The van der Waals surface area contributed by atoms with Crippen molar-refractivity contribution in [3.05, 3.63) is 0 Å². The Morgan fingerprint density at radius 1 is 1.47 bits per heavy atom. The van der Waals surface area contributed by atoms with E-state index in [-0.39, 0.29) is 17.6 Å². The van der Waals surface area contributed by atoms with E-state index in [1.54, 1.807) is 0 Å². The molecule has 88 valence electrons. The van der Waals surface area contributed by atoms with Gasteiger partial charge in [-0.1, -0.05) is 0 Å². The molecular formula is C12H24NO2+. The Kier molecular flexibility index (Phi) is 3.44. The zero-order valence-electron chi connectivity index (χ0n) is 10.7. The molecule has 1 rings (SSSR count). The van der Waals surface area contributed by atoms with Crippen molar-refractivity contribution in [3.63, 3.8) is 0 Å². The molecule has 2 atom stereocenters. The predicted molar refractivity (Wildman–Crippen MR) is 60.5 cm³/mol. The first kappa shape index (κ1) is 12.5. The Labute approximate surface area is 93.0 Å². The van der Waals surface area contributed by atoms with Crippen molar-refractivity contribution in [1.29, 1.82) is 0 Å². The second-order valence-electron chi connectivity index (χ2n) is 5.71. The van der Waals surface area contributed by atoms with Crippen molar-refractivity contribution < 1.29 is 14.0 Å². The maximum absolute atomic E-state index is 12.0. The molecular weight excluding hydrogens is 190 g/mol. The molecule has 1 heterocycles. The number of quaternary nitrogens is 1. The zero-order chi connectivity index (χ0) is 11.7. The molecule has 0 aromatic carbocycles. The van der Waals surface area contributed by atoms with Crippen molar-refractivity contribution in [2.45, 2.75) is 52.2 Å². The van der Waals surface area contributed by atoms with Crippen LogP contribution >= 0.6 is 0 Å². The lowest BCUT2D eigenvalue weighted by atomic mass is 10.1. The summed E-state index contributed by atoms with van der Waals surface area (Å²) in [6.07, 6.45) is 2.10. The molecule has 1 fully saturated rings. The molecule has 0 N–H and O–H groups in total. The van der Waals surface area contributed by atoms with E-state index in [0.717, 1.165) is 30.4 Å². The molecule has 3 heteroatoms. The van der Waals surface area contributed by atoms with Gasteiger partial charge in [-0.3, -0.25) is 0 Å². The Morgan fingerprint density at radius 3 is 2.53 bits per heavy atom. The van der Waals surface area contributed by atoms with E-state index < -0.39 is 0 Å². The second-order valence-corrected chi connectivity index (χ2v) is 5.71. The van der Waals surface area contributed by atoms with E-state index in [2.05, 4.69) is 14.0 Å². The Morgan fingerprint density at radius 2 is 2.07 bits per heavy atom. The van der Waals surface area contributed by atoms with Crippen molar-refractivity contribution in [1.82, 2.24) is 0 Å². The van der Waals surface area contributed by atoms with Crippen molar-refractivity contribution in [2.24, 2.45) is 0 Å². The van der Waals surface area contributed by atoms with Gasteiger partial charge in [-0.05, 0) is 27.7 Å². The fourth-order valence-corrected chi connectivity index (χ4v) is 2.23. The molecule has 0 saturated carbocycles. The Balaban J connectivity index is 2.67. The minimum absolute atomic E-state index is 0.0237. The molecule has 1 aliphatic rings. The van der Waals surface area contributed by atoms with Gasteiger partial charge < -0.3 is 9.22 Å². The summed E-state index contributed by atoms with van der Waals surface area (Å²) in [4.78, 5) is 12.0. The summed E-state index contributed by atoms with van der Waals surface area (Å²) in [7, 11) is 2.15. The number of likely N-dealkylation sites (N-methyl/N-ethyl adjacent to an activating group) is 1. The van der Waals surface area contributed by atoms with Crippen LogP contribution in [0.25, 0.3) is 0 Å². The van der Waals surface area contributed by atoms with E-state index in [1.807, 2.05) is 20.8 Å². The van der Waals surface area contributed by atoms with E-state index in [0.29, 0.717) is 0 Å². The van der Waals surface area contributed by atoms with Gasteiger partial charge in [0.25, 0.3) is 0 Å². The number of carbonyl (C=O) groups is 1. The fourth-order valence-electron chi connectivity index (χ4n) is 2.23. The minimum Gasteiger partial charge on any atom is -0.456 e. The van der Waals surface area contributed by atoms with Gasteiger partial charge in [0.15, 0.2) is 6.04 Å². The maximum atomic E-state index is 12.0. The zero-order valence-corrected chi connectivity index (χ0v) is 10.7. The first-order valence-corrected chi connectivity index (χ1v) is 5.85. The summed E-state index contributed by atoms with van der Waals surface area (Å²) in [5.74, 6) is -0.0237. The summed E-state index contributed by atoms with van der Waals surface area (Å²) in [6, 6.07) is 0.0502. The highest BCUT2D eigenvalue weighted by molar-refractivity contribution is 5.75. The molecule has 0 amide bonds. The van der Waals surface area contributed by atoms with E-state index >= 15 is 0 Å². The highest BCUT2D eigenvalue weighted by Crippen LogP contribution is 2.26. The van der Waals surface area contributed by atoms with Crippen LogP contribution in [0.2, 0.25) is 0 Å². The summed E-state index contributed by atoms with van der Waals surface area (Å²) < 4.78 is 6.31. The predicted octanol–water partition coefficient (Wildman–Crippen LogP) is 1.96. The molecule has 2 unspecified atom stereocenters. The third-order valence-electron chi connectivity index (χ3n) is 3.30. The maximum Gasteiger partial charge on any atom is 0.365 e. The summed E-state index contributed by atoms with van der Waals surface area (Å²) in [5, 5.41) is 0. The average Bonchev–Trinajstić information content (AvgIpc) is 2.45. The van der Waals surface area contributed by atoms with Gasteiger partial charge in [0, 0.05) is 12.8 Å². The lowest BCUT2D eigenvalue weighted by Gasteiger charge is -2.34. The van der Waals surface area contributed by atoms with Gasteiger partial charge in [-0.25, -0.2) is 4.79 Å². The van der Waals surface area contributed by atoms with Crippen LogP contribution in [-0.4, -0.2) is 42.2 Å². The summed E-state index contributed by atoms with van der Waals surface area (Å²) in [6.45, 7) is 10.0. The number of likely N-dealkylation sites (tertiary alicyclic amines) is 1. The van der Waals surface area contributed by atoms with Crippen molar-refractivity contribution in [3.8, 4) is 0 Å². The molecule has 0 radical (unpaired) electrons. The molecule has 1 aliphatic heterocycles. The van der Waals surface area contributed by atoms with Gasteiger partial charge in [0.1, 0.15) is 5.60 Å². The Hall–Kier alpha value is -0.570. The summed E-state index contributed by atoms with van der Waals surface area (Å²) >= 11 is 0. The van der Waals surface area contributed by atoms with E-state index in [1.165, 1.54) is 0 Å². The third kappa shape index (κ3) is 2.94. The SMILES string of the molecule is CC[N+]1(C)CCCC1C(=O)OC(C)(C)C. The molecule has 0 aromatic heterocycles. The molecule has 0 bridgehead atoms. The van der Waals surface area contributed by atoms with Crippen LogP contribution in [0.3, 0.4) is 0 Å². The second kappa shape index (κ2) is 4.12. The van der Waals surface area contributed by atoms with Crippen molar-refractivity contribution in [2.75, 3.05) is 20.1 Å². The number of nitrogens with zero attached hydrogens (tertiary/aromatic N) is 1. The standard InChI is InChI=1S/C12H24NO2/c1-6-13(5)9-7-8-10(13)11(14)15-12(2,3)4/h10H,6-9H2,1-5H3/q+1. The smallest absolute Gasteiger partial charge is 0.365 e. The van der Waals surface area contributed by atoms with Crippen LogP contribution in [0.15, 0.2) is 0 Å². The number of hydrogen-bond donors (Lipinski definition) is 0.